The molecule has 0 saturated heterocycles. The van der Waals surface area contributed by atoms with Gasteiger partial charge in [0.05, 0.1) is 5.69 Å². The fourth-order valence-electron chi connectivity index (χ4n) is 1.32. The van der Waals surface area contributed by atoms with Crippen LogP contribution in [0.5, 0.6) is 0 Å². The zero-order chi connectivity index (χ0) is 12.4. The average Bonchev–Trinajstić information content (AvgIpc) is 2.63. The molecule has 1 aromatic heterocycles. The van der Waals surface area contributed by atoms with Crippen molar-refractivity contribution in [1.82, 2.24) is 4.98 Å². The lowest BCUT2D eigenvalue weighted by atomic mass is 10.2. The SMILES string of the molecule is Cc1coc(Sc2cccc(Br)c2C(=N)N)n1. The lowest BCUT2D eigenvalue weighted by Crippen LogP contribution is -2.13. The number of benzene rings is 1. The molecule has 1 aromatic carbocycles. The number of nitrogens with one attached hydrogen (secondary N) is 1. The summed E-state index contributed by atoms with van der Waals surface area (Å²) in [6.45, 7) is 1.86. The number of aryl methyl sites for hydroxylation is 1. The Balaban J connectivity index is 2.39. The molecule has 3 N–H and O–H groups in total. The molecule has 0 amide bonds. The lowest BCUT2D eigenvalue weighted by molar-refractivity contribution is 0.454. The molecule has 0 atom stereocenters. The first kappa shape index (κ1) is 12.2. The average molecular weight is 312 g/mol. The second-order valence-electron chi connectivity index (χ2n) is 3.38. The molecule has 2 aromatic rings. The number of hydrogen-bond acceptors (Lipinski definition) is 4. The van der Waals surface area contributed by atoms with Crippen molar-refractivity contribution >= 4 is 33.5 Å². The van der Waals surface area contributed by atoms with Crippen LogP contribution in [0, 0.1) is 12.3 Å². The smallest absolute Gasteiger partial charge is 0.260 e. The lowest BCUT2D eigenvalue weighted by Gasteiger charge is -2.07. The summed E-state index contributed by atoms with van der Waals surface area (Å²) >= 11 is 4.73. The second kappa shape index (κ2) is 4.93. The summed E-state index contributed by atoms with van der Waals surface area (Å²) in [5.74, 6) is 0.0169. The van der Waals surface area contributed by atoms with Crippen LogP contribution in [-0.2, 0) is 0 Å². The standard InChI is InChI=1S/C11H10BrN3OS/c1-6-5-16-11(15-6)17-8-4-2-3-7(12)9(8)10(13)14/h2-5H,1H3,(H3,13,14). The maximum atomic E-state index is 7.57. The van der Waals surface area contributed by atoms with Crippen molar-refractivity contribution in [2.45, 2.75) is 17.0 Å². The molecule has 0 unspecified atom stereocenters. The Morgan fingerprint density at radius 3 is 2.88 bits per heavy atom. The highest BCUT2D eigenvalue weighted by Gasteiger charge is 2.13. The number of nitrogens with zero attached hydrogens (tertiary/aromatic N) is 1. The third-order valence-corrected chi connectivity index (χ3v) is 3.62. The molecule has 0 aliphatic heterocycles. The highest BCUT2D eigenvalue weighted by Crippen LogP contribution is 2.33. The number of nitrogen functional groups attached to an aromatic ring is 1. The number of hydrogen-bond donors (Lipinski definition) is 2. The molecule has 0 fully saturated rings. The Labute approximate surface area is 111 Å². The predicted molar refractivity (Wildman–Crippen MR) is 70.5 cm³/mol. The molecule has 0 aliphatic rings. The first-order valence-electron chi connectivity index (χ1n) is 4.81. The summed E-state index contributed by atoms with van der Waals surface area (Å²) in [5, 5.41) is 8.12. The molecule has 88 valence electrons. The van der Waals surface area contributed by atoms with E-state index in [4.69, 9.17) is 15.6 Å². The van der Waals surface area contributed by atoms with Gasteiger partial charge in [-0.05, 0) is 46.7 Å². The van der Waals surface area contributed by atoms with E-state index in [1.54, 1.807) is 6.26 Å². The number of nitrogens with two attached hydrogens (primary N) is 1. The zero-order valence-electron chi connectivity index (χ0n) is 9.03. The van der Waals surface area contributed by atoms with Gasteiger partial charge in [0.15, 0.2) is 0 Å². The summed E-state index contributed by atoms with van der Waals surface area (Å²) in [4.78, 5) is 5.05. The summed E-state index contributed by atoms with van der Waals surface area (Å²) < 4.78 is 6.06. The van der Waals surface area contributed by atoms with Crippen molar-refractivity contribution in [3.05, 3.63) is 40.2 Å². The Morgan fingerprint density at radius 2 is 2.29 bits per heavy atom. The van der Waals surface area contributed by atoms with Crippen LogP contribution in [-0.4, -0.2) is 10.8 Å². The van der Waals surface area contributed by atoms with Crippen molar-refractivity contribution in [3.8, 4) is 0 Å². The normalized spacial score (nSPS) is 10.5. The number of halogens is 1. The van der Waals surface area contributed by atoms with Crippen LogP contribution < -0.4 is 5.73 Å². The van der Waals surface area contributed by atoms with Gasteiger partial charge in [0.2, 0.25) is 0 Å². The van der Waals surface area contributed by atoms with E-state index < -0.39 is 0 Å². The highest BCUT2D eigenvalue weighted by atomic mass is 79.9. The summed E-state index contributed by atoms with van der Waals surface area (Å²) in [6, 6.07) is 5.61. The van der Waals surface area contributed by atoms with Gasteiger partial charge in [-0.3, -0.25) is 5.41 Å². The molecule has 0 bridgehead atoms. The van der Waals surface area contributed by atoms with E-state index in [0.29, 0.717) is 10.8 Å². The molecule has 17 heavy (non-hydrogen) atoms. The molecular formula is C11H10BrN3OS. The molecule has 2 rings (SSSR count). The van der Waals surface area contributed by atoms with Crippen LogP contribution in [0.25, 0.3) is 0 Å². The van der Waals surface area contributed by atoms with Gasteiger partial charge in [0, 0.05) is 14.9 Å². The topological polar surface area (TPSA) is 75.9 Å². The number of oxazole rings is 1. The number of rotatable bonds is 3. The molecule has 0 aliphatic carbocycles. The maximum Gasteiger partial charge on any atom is 0.260 e. The van der Waals surface area contributed by atoms with Gasteiger partial charge in [-0.2, -0.15) is 0 Å². The van der Waals surface area contributed by atoms with Crippen LogP contribution in [0.3, 0.4) is 0 Å². The summed E-state index contributed by atoms with van der Waals surface area (Å²) in [5.41, 5.74) is 7.05. The van der Waals surface area contributed by atoms with Gasteiger partial charge >= 0.3 is 0 Å². The number of aromatic nitrogens is 1. The van der Waals surface area contributed by atoms with Gasteiger partial charge in [-0.25, -0.2) is 4.98 Å². The third kappa shape index (κ3) is 2.70. The van der Waals surface area contributed by atoms with Crippen molar-refractivity contribution in [2.24, 2.45) is 5.73 Å². The summed E-state index contributed by atoms with van der Waals surface area (Å²) in [6.07, 6.45) is 1.59. The van der Waals surface area contributed by atoms with Crippen molar-refractivity contribution < 1.29 is 4.42 Å². The van der Waals surface area contributed by atoms with Crippen LogP contribution in [0.15, 0.2) is 43.5 Å². The maximum absolute atomic E-state index is 7.57. The quantitative estimate of drug-likeness (QED) is 0.674. The molecule has 0 radical (unpaired) electrons. The van der Waals surface area contributed by atoms with Gasteiger partial charge < -0.3 is 10.2 Å². The first-order valence-corrected chi connectivity index (χ1v) is 6.42. The van der Waals surface area contributed by atoms with E-state index in [1.165, 1.54) is 11.8 Å². The Bertz CT molecular complexity index is 568. The minimum Gasteiger partial charge on any atom is -0.439 e. The number of amidine groups is 1. The van der Waals surface area contributed by atoms with E-state index >= 15 is 0 Å². The van der Waals surface area contributed by atoms with E-state index in [0.717, 1.165) is 15.1 Å². The monoisotopic (exact) mass is 311 g/mol. The van der Waals surface area contributed by atoms with Gasteiger partial charge in [0.25, 0.3) is 5.22 Å². The molecule has 0 saturated carbocycles. The fraction of sp³-hybridized carbons (Fsp3) is 0.0909. The molecular weight excluding hydrogens is 302 g/mol. The van der Waals surface area contributed by atoms with Crippen LogP contribution in [0.2, 0.25) is 0 Å². The van der Waals surface area contributed by atoms with Gasteiger partial charge in [-0.1, -0.05) is 6.07 Å². The van der Waals surface area contributed by atoms with Gasteiger partial charge in [0.1, 0.15) is 12.1 Å². The fourth-order valence-corrected chi connectivity index (χ4v) is 2.98. The van der Waals surface area contributed by atoms with Crippen molar-refractivity contribution in [1.29, 1.82) is 5.41 Å². The van der Waals surface area contributed by atoms with Gasteiger partial charge in [-0.15, -0.1) is 0 Å². The van der Waals surface area contributed by atoms with E-state index in [-0.39, 0.29) is 5.84 Å². The van der Waals surface area contributed by atoms with E-state index in [9.17, 15) is 0 Å². The Hall–Kier alpha value is -1.27. The van der Waals surface area contributed by atoms with Crippen LogP contribution in [0.4, 0.5) is 0 Å². The minimum absolute atomic E-state index is 0.0169. The Kier molecular flexibility index (Phi) is 3.54. The summed E-state index contributed by atoms with van der Waals surface area (Å²) in [7, 11) is 0. The zero-order valence-corrected chi connectivity index (χ0v) is 11.4. The molecule has 4 nitrogen and oxygen atoms in total. The van der Waals surface area contributed by atoms with E-state index in [2.05, 4.69) is 20.9 Å². The third-order valence-electron chi connectivity index (χ3n) is 2.04. The minimum atomic E-state index is 0.0169. The highest BCUT2D eigenvalue weighted by molar-refractivity contribution is 9.10. The second-order valence-corrected chi connectivity index (χ2v) is 5.23. The predicted octanol–water partition coefficient (Wildman–Crippen LogP) is 3.18. The van der Waals surface area contributed by atoms with E-state index in [1.807, 2.05) is 25.1 Å². The molecule has 6 heteroatoms. The molecule has 0 spiro atoms. The molecule has 1 heterocycles. The largest absolute Gasteiger partial charge is 0.439 e. The van der Waals surface area contributed by atoms with Crippen LogP contribution in [0.1, 0.15) is 11.3 Å². The first-order chi connectivity index (χ1) is 8.08. The van der Waals surface area contributed by atoms with Crippen LogP contribution >= 0.6 is 27.7 Å². The Morgan fingerprint density at radius 1 is 1.53 bits per heavy atom. The van der Waals surface area contributed by atoms with Crippen molar-refractivity contribution in [3.63, 3.8) is 0 Å². The van der Waals surface area contributed by atoms with Crippen molar-refractivity contribution in [2.75, 3.05) is 0 Å².